The second-order valence-electron chi connectivity index (χ2n) is 6.69. The molecule has 4 heteroatoms. The largest absolute Gasteiger partial charge is 0.427 e. The molecule has 0 spiro atoms. The van der Waals surface area contributed by atoms with Crippen LogP contribution in [0.15, 0.2) is 18.2 Å². The monoisotopic (exact) mass is 288 g/mol. The van der Waals surface area contributed by atoms with Gasteiger partial charge in [-0.3, -0.25) is 9.69 Å². The topological polar surface area (TPSA) is 32.8 Å². The zero-order chi connectivity index (χ0) is 15.1. The molecule has 2 aliphatic rings. The van der Waals surface area contributed by atoms with Crippen LogP contribution in [-0.2, 0) is 4.79 Å². The molecule has 0 radical (unpaired) electrons. The van der Waals surface area contributed by atoms with Crippen LogP contribution < -0.4 is 9.64 Å². The van der Waals surface area contributed by atoms with E-state index in [1.54, 1.807) is 0 Å². The van der Waals surface area contributed by atoms with Crippen molar-refractivity contribution >= 4 is 11.7 Å². The van der Waals surface area contributed by atoms with Gasteiger partial charge in [0.2, 0.25) is 0 Å². The normalized spacial score (nSPS) is 24.3. The molecular formula is C17H24N2O2. The van der Waals surface area contributed by atoms with Crippen LogP contribution in [0.25, 0.3) is 0 Å². The van der Waals surface area contributed by atoms with E-state index >= 15 is 0 Å². The number of likely N-dealkylation sites (tertiary alicyclic amines) is 1. The van der Waals surface area contributed by atoms with Crippen LogP contribution in [0, 0.1) is 5.92 Å². The zero-order valence-corrected chi connectivity index (χ0v) is 13.3. The highest BCUT2D eigenvalue weighted by molar-refractivity contribution is 5.73. The van der Waals surface area contributed by atoms with Gasteiger partial charge in [-0.1, -0.05) is 13.8 Å². The summed E-state index contributed by atoms with van der Waals surface area (Å²) in [6, 6.07) is 6.06. The number of carbonyl (C=O) groups excluding carboxylic acids is 1. The number of hydrogen-bond acceptors (Lipinski definition) is 4. The third-order valence-corrected chi connectivity index (χ3v) is 4.59. The van der Waals surface area contributed by atoms with E-state index < -0.39 is 0 Å². The van der Waals surface area contributed by atoms with Crippen LogP contribution in [0.2, 0.25) is 0 Å². The first-order valence-corrected chi connectivity index (χ1v) is 7.75. The van der Waals surface area contributed by atoms with Gasteiger partial charge in [0.15, 0.2) is 0 Å². The lowest BCUT2D eigenvalue weighted by Crippen LogP contribution is -2.39. The Morgan fingerprint density at radius 3 is 2.86 bits per heavy atom. The summed E-state index contributed by atoms with van der Waals surface area (Å²) in [5.74, 6) is 1.39. The first-order valence-electron chi connectivity index (χ1n) is 7.75. The van der Waals surface area contributed by atoms with E-state index in [0.717, 1.165) is 6.54 Å². The third-order valence-electron chi connectivity index (χ3n) is 4.59. The maximum atomic E-state index is 11.8. The van der Waals surface area contributed by atoms with Crippen molar-refractivity contribution in [3.63, 3.8) is 0 Å². The Morgan fingerprint density at radius 1 is 1.38 bits per heavy atom. The van der Waals surface area contributed by atoms with E-state index in [0.29, 0.717) is 30.2 Å². The van der Waals surface area contributed by atoms with Crippen LogP contribution in [0.3, 0.4) is 0 Å². The summed E-state index contributed by atoms with van der Waals surface area (Å²) in [4.78, 5) is 16.6. The smallest absolute Gasteiger partial charge is 0.311 e. The fraction of sp³-hybridized carbons (Fsp3) is 0.588. The molecule has 2 atom stereocenters. The summed E-state index contributed by atoms with van der Waals surface area (Å²) in [6.45, 7) is 5.17. The Labute approximate surface area is 126 Å². The van der Waals surface area contributed by atoms with Gasteiger partial charge in [-0.15, -0.1) is 0 Å². The minimum Gasteiger partial charge on any atom is -0.427 e. The number of fused-ring (bicyclic) bond motifs is 3. The Balaban J connectivity index is 1.82. The van der Waals surface area contributed by atoms with Gasteiger partial charge < -0.3 is 9.64 Å². The molecule has 1 saturated heterocycles. The molecule has 1 aromatic carbocycles. The van der Waals surface area contributed by atoms with Crippen molar-refractivity contribution in [1.82, 2.24) is 4.90 Å². The van der Waals surface area contributed by atoms with Crippen molar-refractivity contribution in [3.05, 3.63) is 23.8 Å². The van der Waals surface area contributed by atoms with Crippen molar-refractivity contribution in [3.8, 4) is 5.75 Å². The third kappa shape index (κ3) is 2.53. The highest BCUT2D eigenvalue weighted by atomic mass is 16.5. The highest BCUT2D eigenvalue weighted by Crippen LogP contribution is 2.47. The Kier molecular flexibility index (Phi) is 3.66. The molecule has 0 bridgehead atoms. The average Bonchev–Trinajstić information content (AvgIpc) is 2.90. The first kappa shape index (κ1) is 14.4. The minimum absolute atomic E-state index is 0.142. The summed E-state index contributed by atoms with van der Waals surface area (Å²) in [5, 5.41) is 0. The van der Waals surface area contributed by atoms with Gasteiger partial charge in [-0.05, 0) is 43.1 Å². The number of hydrogen-bond donors (Lipinski definition) is 0. The fourth-order valence-corrected chi connectivity index (χ4v) is 3.68. The molecule has 2 aliphatic heterocycles. The molecule has 1 aromatic rings. The van der Waals surface area contributed by atoms with Crippen LogP contribution in [0.4, 0.5) is 5.69 Å². The summed E-state index contributed by atoms with van der Waals surface area (Å²) in [7, 11) is 4.33. The molecule has 0 saturated carbocycles. The van der Waals surface area contributed by atoms with Crippen molar-refractivity contribution in [2.45, 2.75) is 38.8 Å². The molecule has 0 aliphatic carbocycles. The van der Waals surface area contributed by atoms with Crippen molar-refractivity contribution in [2.24, 2.45) is 5.92 Å². The van der Waals surface area contributed by atoms with Gasteiger partial charge in [-0.25, -0.2) is 0 Å². The molecule has 0 aromatic heterocycles. The molecule has 1 fully saturated rings. The van der Waals surface area contributed by atoms with E-state index in [9.17, 15) is 4.79 Å². The van der Waals surface area contributed by atoms with Gasteiger partial charge >= 0.3 is 5.97 Å². The van der Waals surface area contributed by atoms with Crippen molar-refractivity contribution in [1.29, 1.82) is 0 Å². The molecule has 4 nitrogen and oxygen atoms in total. The fourth-order valence-electron chi connectivity index (χ4n) is 3.68. The number of carbonyl (C=O) groups is 1. The van der Waals surface area contributed by atoms with E-state index in [4.69, 9.17) is 4.74 Å². The van der Waals surface area contributed by atoms with Crippen LogP contribution in [-0.4, -0.2) is 37.7 Å². The second-order valence-corrected chi connectivity index (χ2v) is 6.69. The number of anilines is 1. The van der Waals surface area contributed by atoms with Crippen LogP contribution in [0.5, 0.6) is 5.75 Å². The zero-order valence-electron chi connectivity index (χ0n) is 13.3. The van der Waals surface area contributed by atoms with E-state index in [1.807, 2.05) is 19.9 Å². The van der Waals surface area contributed by atoms with Gasteiger partial charge in [0.1, 0.15) is 5.75 Å². The van der Waals surface area contributed by atoms with Crippen LogP contribution >= 0.6 is 0 Å². The van der Waals surface area contributed by atoms with E-state index in [2.05, 4.69) is 36.0 Å². The predicted octanol–water partition coefficient (Wildman–Crippen LogP) is 2.83. The summed E-state index contributed by atoms with van der Waals surface area (Å²) in [6.07, 6.45) is 2.08. The van der Waals surface area contributed by atoms with E-state index in [-0.39, 0.29) is 5.97 Å². The second kappa shape index (κ2) is 5.34. The number of likely N-dealkylation sites (N-methyl/N-ethyl adjacent to an activating group) is 2. The molecular weight excluding hydrogens is 264 g/mol. The number of benzene rings is 1. The maximum Gasteiger partial charge on any atom is 0.311 e. The van der Waals surface area contributed by atoms with Crippen molar-refractivity contribution in [2.75, 3.05) is 25.5 Å². The lowest BCUT2D eigenvalue weighted by atomic mass is 9.98. The Hall–Kier alpha value is -1.55. The quantitative estimate of drug-likeness (QED) is 0.632. The molecule has 3 rings (SSSR count). The van der Waals surface area contributed by atoms with Gasteiger partial charge in [0.05, 0.1) is 6.17 Å². The summed E-state index contributed by atoms with van der Waals surface area (Å²) in [5.41, 5.74) is 2.59. The number of rotatable bonds is 3. The molecule has 21 heavy (non-hydrogen) atoms. The SMILES string of the molecule is CC(C)CC(=O)Oc1ccc2c(c1)C1CCN(C)C1N2C. The lowest BCUT2D eigenvalue weighted by Gasteiger charge is -2.28. The number of nitrogens with zero attached hydrogens (tertiary/aromatic N) is 2. The first-order chi connectivity index (χ1) is 9.97. The summed E-state index contributed by atoms with van der Waals surface area (Å²) >= 11 is 0. The predicted molar refractivity (Wildman–Crippen MR) is 83.7 cm³/mol. The van der Waals surface area contributed by atoms with Gasteiger partial charge in [0.25, 0.3) is 0 Å². The lowest BCUT2D eigenvalue weighted by molar-refractivity contribution is -0.135. The average molecular weight is 288 g/mol. The minimum atomic E-state index is -0.142. The molecule has 2 heterocycles. The number of esters is 1. The Morgan fingerprint density at radius 2 is 2.14 bits per heavy atom. The highest BCUT2D eigenvalue weighted by Gasteiger charge is 2.43. The molecule has 0 N–H and O–H groups in total. The van der Waals surface area contributed by atoms with Crippen LogP contribution in [0.1, 0.15) is 38.2 Å². The number of ether oxygens (including phenoxy) is 1. The Bertz CT molecular complexity index is 556. The molecule has 2 unspecified atom stereocenters. The van der Waals surface area contributed by atoms with Gasteiger partial charge in [0, 0.05) is 31.6 Å². The van der Waals surface area contributed by atoms with E-state index in [1.165, 1.54) is 17.7 Å². The van der Waals surface area contributed by atoms with Gasteiger partial charge in [-0.2, -0.15) is 0 Å². The van der Waals surface area contributed by atoms with Crippen molar-refractivity contribution < 1.29 is 9.53 Å². The molecule has 0 amide bonds. The maximum absolute atomic E-state index is 11.8. The molecule has 114 valence electrons. The standard InChI is InChI=1S/C17H24N2O2/c1-11(2)9-16(20)21-12-5-6-15-14(10-12)13-7-8-18(3)17(13)19(15)4/h5-6,10-11,13,17H,7-9H2,1-4H3. The summed E-state index contributed by atoms with van der Waals surface area (Å²) < 4.78 is 5.49.